The molecule has 0 spiro atoms. The molecule has 0 unspecified atom stereocenters. The molecule has 0 aromatic heterocycles. The van der Waals surface area contributed by atoms with Crippen LogP contribution in [0.2, 0.25) is 0 Å². The SMILES string of the molecule is O=C1NCCCCCN(C(=O)COCc2ccccc2)[C@@H]2C[C@@H](C(=O)N3CCc4ccccc4C3)C[C@H]12. The van der Waals surface area contributed by atoms with Crippen LogP contribution in [0.25, 0.3) is 0 Å². The maximum absolute atomic E-state index is 13.6. The summed E-state index contributed by atoms with van der Waals surface area (Å²) in [5, 5.41) is 3.07. The van der Waals surface area contributed by atoms with Gasteiger partial charge in [-0.25, -0.2) is 0 Å². The number of amides is 3. The van der Waals surface area contributed by atoms with Gasteiger partial charge in [-0.1, -0.05) is 54.6 Å². The predicted molar refractivity (Wildman–Crippen MR) is 140 cm³/mol. The van der Waals surface area contributed by atoms with Gasteiger partial charge < -0.3 is 19.9 Å². The minimum absolute atomic E-state index is 0.0265. The number of rotatable bonds is 5. The highest BCUT2D eigenvalue weighted by Crippen LogP contribution is 2.37. The van der Waals surface area contributed by atoms with Gasteiger partial charge in [-0.2, -0.15) is 0 Å². The number of nitrogens with zero attached hydrogens (tertiary/aromatic N) is 2. The van der Waals surface area contributed by atoms with Crippen molar-refractivity contribution in [1.82, 2.24) is 15.1 Å². The zero-order valence-electron chi connectivity index (χ0n) is 21.4. The molecule has 37 heavy (non-hydrogen) atoms. The summed E-state index contributed by atoms with van der Waals surface area (Å²) in [4.78, 5) is 44.0. The Labute approximate surface area is 219 Å². The number of nitrogens with one attached hydrogen (secondary N) is 1. The van der Waals surface area contributed by atoms with Crippen LogP contribution in [0.5, 0.6) is 0 Å². The van der Waals surface area contributed by atoms with E-state index in [2.05, 4.69) is 17.4 Å². The van der Waals surface area contributed by atoms with Crippen molar-refractivity contribution in [1.29, 1.82) is 0 Å². The molecular formula is C30H37N3O4. The van der Waals surface area contributed by atoms with E-state index in [0.717, 1.165) is 31.2 Å². The molecule has 3 amide bonds. The third kappa shape index (κ3) is 6.04. The smallest absolute Gasteiger partial charge is 0.248 e. The van der Waals surface area contributed by atoms with Crippen molar-refractivity contribution in [3.63, 3.8) is 0 Å². The Kier molecular flexibility index (Phi) is 8.19. The van der Waals surface area contributed by atoms with Crippen molar-refractivity contribution in [2.45, 2.75) is 57.7 Å². The summed E-state index contributed by atoms with van der Waals surface area (Å²) < 4.78 is 5.77. The third-order valence-electron chi connectivity index (χ3n) is 8.09. The molecular weight excluding hydrogens is 466 g/mol. The standard InChI is InChI=1S/C30H37N3O4/c34-28(21-37-20-22-9-3-1-4-10-22)33-15-8-2-7-14-31-29(35)26-17-25(18-27(26)33)30(36)32-16-13-23-11-5-6-12-24(23)19-32/h1,3-6,9-12,25-27H,2,7-8,13-21H2,(H,31,35)/t25-,26-,27+/m0/s1. The highest BCUT2D eigenvalue weighted by atomic mass is 16.5. The van der Waals surface area contributed by atoms with Crippen LogP contribution in [-0.4, -0.2) is 59.8 Å². The summed E-state index contributed by atoms with van der Waals surface area (Å²) in [6.45, 7) is 2.90. The van der Waals surface area contributed by atoms with Crippen molar-refractivity contribution in [2.24, 2.45) is 11.8 Å². The first-order valence-electron chi connectivity index (χ1n) is 13.6. The topological polar surface area (TPSA) is 79.0 Å². The summed E-state index contributed by atoms with van der Waals surface area (Å²) in [6, 6.07) is 17.8. The summed E-state index contributed by atoms with van der Waals surface area (Å²) in [5.41, 5.74) is 3.52. The number of hydrogen-bond acceptors (Lipinski definition) is 4. The van der Waals surface area contributed by atoms with E-state index in [1.54, 1.807) is 0 Å². The number of ether oxygens (including phenoxy) is 1. The Morgan fingerprint density at radius 2 is 1.70 bits per heavy atom. The van der Waals surface area contributed by atoms with Gasteiger partial charge in [0.05, 0.1) is 12.5 Å². The number of carbonyl (C=O) groups is 3. The molecule has 196 valence electrons. The Morgan fingerprint density at radius 1 is 0.919 bits per heavy atom. The molecule has 1 N–H and O–H groups in total. The van der Waals surface area contributed by atoms with Crippen molar-refractivity contribution < 1.29 is 19.1 Å². The Bertz CT molecular complexity index is 1110. The fraction of sp³-hybridized carbons (Fsp3) is 0.500. The highest BCUT2D eigenvalue weighted by Gasteiger charge is 2.46. The van der Waals surface area contributed by atoms with Gasteiger partial charge in [-0.3, -0.25) is 14.4 Å². The lowest BCUT2D eigenvalue weighted by Crippen LogP contribution is -2.49. The summed E-state index contributed by atoms with van der Waals surface area (Å²) in [7, 11) is 0. The van der Waals surface area contributed by atoms with Crippen molar-refractivity contribution in [3.8, 4) is 0 Å². The van der Waals surface area contributed by atoms with E-state index >= 15 is 0 Å². The molecule has 0 bridgehead atoms. The minimum atomic E-state index is -0.373. The molecule has 2 aliphatic heterocycles. The molecule has 1 aliphatic carbocycles. The zero-order valence-corrected chi connectivity index (χ0v) is 21.4. The largest absolute Gasteiger partial charge is 0.367 e. The second-order valence-electron chi connectivity index (χ2n) is 10.5. The number of benzene rings is 2. The van der Waals surface area contributed by atoms with Crippen molar-refractivity contribution in [3.05, 3.63) is 71.3 Å². The number of carbonyl (C=O) groups excluding carboxylic acids is 3. The average molecular weight is 504 g/mol. The van der Waals surface area contributed by atoms with Crippen LogP contribution < -0.4 is 5.32 Å². The highest BCUT2D eigenvalue weighted by molar-refractivity contribution is 5.86. The number of hydrogen-bond donors (Lipinski definition) is 1. The van der Waals surface area contributed by atoms with E-state index in [1.807, 2.05) is 52.3 Å². The van der Waals surface area contributed by atoms with E-state index < -0.39 is 0 Å². The monoisotopic (exact) mass is 503 g/mol. The maximum Gasteiger partial charge on any atom is 0.248 e. The van der Waals surface area contributed by atoms with Crippen LogP contribution in [0.15, 0.2) is 54.6 Å². The molecule has 0 radical (unpaired) electrons. The fourth-order valence-electron chi connectivity index (χ4n) is 6.10. The summed E-state index contributed by atoms with van der Waals surface area (Å²) in [5.74, 6) is -0.652. The molecule has 1 saturated carbocycles. The lowest BCUT2D eigenvalue weighted by Gasteiger charge is -2.34. The van der Waals surface area contributed by atoms with Gasteiger partial charge >= 0.3 is 0 Å². The maximum atomic E-state index is 13.6. The van der Waals surface area contributed by atoms with Crippen LogP contribution in [0.4, 0.5) is 0 Å². The normalized spacial score (nSPS) is 24.1. The fourth-order valence-corrected chi connectivity index (χ4v) is 6.10. The van der Waals surface area contributed by atoms with E-state index in [1.165, 1.54) is 11.1 Å². The number of fused-ring (bicyclic) bond motifs is 2. The summed E-state index contributed by atoms with van der Waals surface area (Å²) in [6.07, 6.45) is 4.59. The Hall–Kier alpha value is -3.19. The Morgan fingerprint density at radius 3 is 2.54 bits per heavy atom. The first kappa shape index (κ1) is 25.5. The quantitative estimate of drug-likeness (QED) is 0.679. The van der Waals surface area contributed by atoms with Gasteiger partial charge in [-0.05, 0) is 55.2 Å². The lowest BCUT2D eigenvalue weighted by atomic mass is 9.97. The van der Waals surface area contributed by atoms with E-state index in [0.29, 0.717) is 45.6 Å². The van der Waals surface area contributed by atoms with Gasteiger partial charge in [0.1, 0.15) is 6.61 Å². The van der Waals surface area contributed by atoms with Crippen molar-refractivity contribution >= 4 is 17.7 Å². The van der Waals surface area contributed by atoms with E-state index in [-0.39, 0.29) is 42.2 Å². The molecule has 3 aliphatic rings. The van der Waals surface area contributed by atoms with Crippen LogP contribution >= 0.6 is 0 Å². The summed E-state index contributed by atoms with van der Waals surface area (Å²) >= 11 is 0. The van der Waals surface area contributed by atoms with Gasteiger partial charge in [0.25, 0.3) is 0 Å². The third-order valence-corrected chi connectivity index (χ3v) is 8.09. The van der Waals surface area contributed by atoms with Crippen molar-refractivity contribution in [2.75, 3.05) is 26.2 Å². The molecule has 7 nitrogen and oxygen atoms in total. The lowest BCUT2D eigenvalue weighted by molar-refractivity contribution is -0.142. The molecule has 2 aromatic carbocycles. The van der Waals surface area contributed by atoms with Crippen LogP contribution in [0.3, 0.4) is 0 Å². The molecule has 5 rings (SSSR count). The van der Waals surface area contributed by atoms with Crippen LogP contribution in [0.1, 0.15) is 48.8 Å². The van der Waals surface area contributed by atoms with Gasteiger partial charge in [0.2, 0.25) is 17.7 Å². The molecule has 7 heteroatoms. The van der Waals surface area contributed by atoms with Gasteiger partial charge in [0, 0.05) is 38.1 Å². The van der Waals surface area contributed by atoms with Gasteiger partial charge in [-0.15, -0.1) is 0 Å². The second-order valence-corrected chi connectivity index (χ2v) is 10.5. The second kappa shape index (κ2) is 11.9. The molecule has 1 saturated heterocycles. The average Bonchev–Trinajstić information content (AvgIpc) is 3.37. The molecule has 2 fully saturated rings. The molecule has 2 heterocycles. The van der Waals surface area contributed by atoms with Gasteiger partial charge in [0.15, 0.2) is 0 Å². The molecule has 2 aromatic rings. The van der Waals surface area contributed by atoms with Crippen LogP contribution in [0, 0.1) is 11.8 Å². The van der Waals surface area contributed by atoms with E-state index in [9.17, 15) is 14.4 Å². The first-order chi connectivity index (χ1) is 18.1. The minimum Gasteiger partial charge on any atom is -0.367 e. The predicted octanol–water partition coefficient (Wildman–Crippen LogP) is 3.31. The zero-order chi connectivity index (χ0) is 25.6. The first-order valence-corrected chi connectivity index (χ1v) is 13.6. The Balaban J connectivity index is 1.28. The molecule has 3 atom stereocenters. The van der Waals surface area contributed by atoms with E-state index in [4.69, 9.17) is 4.74 Å². The van der Waals surface area contributed by atoms with Crippen LogP contribution in [-0.2, 0) is 38.7 Å².